The van der Waals surface area contributed by atoms with Gasteiger partial charge in [0.25, 0.3) is 0 Å². The fraction of sp³-hybridized carbons (Fsp3) is 0.562. The molecule has 1 aromatic carbocycles. The van der Waals surface area contributed by atoms with Gasteiger partial charge >= 0.3 is 6.09 Å². The van der Waals surface area contributed by atoms with Gasteiger partial charge in [0.1, 0.15) is 5.60 Å². The zero-order valence-electron chi connectivity index (χ0n) is 26.8. The van der Waals surface area contributed by atoms with Crippen LogP contribution in [0.5, 0.6) is 0 Å². The molecule has 244 valence electrons. The van der Waals surface area contributed by atoms with E-state index >= 15 is 0 Å². The monoisotopic (exact) mass is 693 g/mol. The third-order valence-electron chi connectivity index (χ3n) is 7.15. The molecule has 1 aliphatic heterocycles. The normalized spacial score (nSPS) is 17.1. The molecule has 4 rings (SSSR count). The molecule has 44 heavy (non-hydrogen) atoms. The number of nitrogens with zero attached hydrogens (tertiary/aromatic N) is 5. The Bertz CT molecular complexity index is 1210. The molecule has 3 N–H and O–H groups in total. The first-order valence-corrected chi connectivity index (χ1v) is 16.7. The summed E-state index contributed by atoms with van der Waals surface area (Å²) in [6.07, 6.45) is 11.7. The van der Waals surface area contributed by atoms with E-state index in [-0.39, 0.29) is 12.1 Å². The minimum atomic E-state index is -0.482. The summed E-state index contributed by atoms with van der Waals surface area (Å²) in [4.78, 5) is 35.4. The molecule has 2 heterocycles. The smallest absolute Gasteiger partial charge is 0.410 e. The molecule has 2 aliphatic rings. The minimum absolute atomic E-state index is 0.0702. The molecule has 1 aromatic heterocycles. The molecule has 1 atom stereocenters. The highest BCUT2D eigenvalue weighted by Crippen LogP contribution is 2.40. The Balaban J connectivity index is 0.000000434. The Kier molecular flexibility index (Phi) is 16.7. The van der Waals surface area contributed by atoms with Gasteiger partial charge < -0.3 is 25.3 Å². The molecule has 2 amide bonds. The highest BCUT2D eigenvalue weighted by atomic mass is 79.9. The number of rotatable bonds is 9. The molecule has 0 spiro atoms. The van der Waals surface area contributed by atoms with Crippen LogP contribution >= 0.6 is 27.5 Å². The number of aliphatic imine (C=N–C) groups is 1. The maximum atomic E-state index is 12.5. The van der Waals surface area contributed by atoms with Crippen molar-refractivity contribution in [3.05, 3.63) is 64.3 Å². The lowest BCUT2D eigenvalue weighted by Gasteiger charge is -2.40. The maximum absolute atomic E-state index is 12.5. The van der Waals surface area contributed by atoms with Gasteiger partial charge in [-0.3, -0.25) is 14.7 Å². The predicted octanol–water partition coefficient (Wildman–Crippen LogP) is 5.60. The maximum Gasteiger partial charge on any atom is 0.410 e. The lowest BCUT2D eigenvalue weighted by molar-refractivity contribution is -0.109. The predicted molar refractivity (Wildman–Crippen MR) is 183 cm³/mol. The van der Waals surface area contributed by atoms with Crippen LogP contribution in [0.4, 0.5) is 4.79 Å². The number of fused-ring (bicyclic) bond motifs is 1. The second kappa shape index (κ2) is 19.6. The molecule has 0 bridgehead atoms. The average molecular weight is 695 g/mol. The van der Waals surface area contributed by atoms with Crippen molar-refractivity contribution in [1.82, 2.24) is 24.7 Å². The zero-order chi connectivity index (χ0) is 32.5. The summed E-state index contributed by atoms with van der Waals surface area (Å²) in [6, 6.07) is 6.31. The third-order valence-corrected chi connectivity index (χ3v) is 7.68. The number of nitrogens with one attached hydrogen (secondary N) is 1. The Morgan fingerprint density at radius 2 is 1.95 bits per heavy atom. The van der Waals surface area contributed by atoms with Crippen LogP contribution in [0.3, 0.4) is 0 Å². The first-order valence-electron chi connectivity index (χ1n) is 15.2. The zero-order valence-corrected chi connectivity index (χ0v) is 29.1. The van der Waals surface area contributed by atoms with E-state index in [2.05, 4.69) is 55.9 Å². The Labute approximate surface area is 276 Å². The van der Waals surface area contributed by atoms with Crippen molar-refractivity contribution >= 4 is 46.2 Å². The van der Waals surface area contributed by atoms with Crippen LogP contribution < -0.4 is 11.1 Å². The lowest BCUT2D eigenvalue weighted by atomic mass is 9.96. The SMILES string of the molecule is CCC1=C(N=CCBr)C(N2CCN(C(=O)OC(C)(C)C)CC2)c2ccc(Cl)cc2CC1.CN.O=CNCCCn1ccnc1. The number of alkyl halides is 1. The third kappa shape index (κ3) is 12.0. The summed E-state index contributed by atoms with van der Waals surface area (Å²) in [7, 11) is 1.50. The van der Waals surface area contributed by atoms with Crippen molar-refractivity contribution in [3.63, 3.8) is 0 Å². The number of allylic oxidation sites excluding steroid dienone is 1. The van der Waals surface area contributed by atoms with Gasteiger partial charge in [0.05, 0.1) is 18.1 Å². The number of hydrogen-bond acceptors (Lipinski definition) is 7. The van der Waals surface area contributed by atoms with Crippen LogP contribution in [-0.2, 0) is 22.5 Å². The van der Waals surface area contributed by atoms with E-state index in [9.17, 15) is 9.59 Å². The fourth-order valence-corrected chi connectivity index (χ4v) is 5.50. The number of nitrogens with two attached hydrogens (primary N) is 1. The second-order valence-electron chi connectivity index (χ2n) is 11.3. The van der Waals surface area contributed by atoms with E-state index in [1.54, 1.807) is 12.5 Å². The molecule has 0 radical (unpaired) electrons. The van der Waals surface area contributed by atoms with E-state index in [4.69, 9.17) is 21.3 Å². The number of aromatic nitrogens is 2. The van der Waals surface area contributed by atoms with E-state index in [0.717, 1.165) is 67.9 Å². The molecule has 1 fully saturated rings. The molecule has 1 saturated heterocycles. The van der Waals surface area contributed by atoms with Gasteiger partial charge in [0.15, 0.2) is 0 Å². The minimum Gasteiger partial charge on any atom is -0.444 e. The number of ether oxygens (including phenoxy) is 1. The summed E-state index contributed by atoms with van der Waals surface area (Å²) in [5.74, 6) is 0. The lowest BCUT2D eigenvalue weighted by Crippen LogP contribution is -2.51. The highest BCUT2D eigenvalue weighted by molar-refractivity contribution is 9.09. The van der Waals surface area contributed by atoms with Gasteiger partial charge in [-0.25, -0.2) is 9.78 Å². The summed E-state index contributed by atoms with van der Waals surface area (Å²) in [6.45, 7) is 12.4. The molecular weight excluding hydrogens is 646 g/mol. The Morgan fingerprint density at radius 1 is 1.23 bits per heavy atom. The van der Waals surface area contributed by atoms with Gasteiger partial charge in [-0.05, 0) is 82.3 Å². The number of carbonyl (C=O) groups is 2. The molecule has 2 aromatic rings. The quantitative estimate of drug-likeness (QED) is 0.153. The van der Waals surface area contributed by atoms with Gasteiger partial charge in [0.2, 0.25) is 6.41 Å². The summed E-state index contributed by atoms with van der Waals surface area (Å²) >= 11 is 9.82. The number of amides is 2. The van der Waals surface area contributed by atoms with Crippen LogP contribution in [0.1, 0.15) is 64.1 Å². The number of halogens is 2. The van der Waals surface area contributed by atoms with E-state index < -0.39 is 5.60 Å². The van der Waals surface area contributed by atoms with Crippen molar-refractivity contribution in [3.8, 4) is 0 Å². The number of benzene rings is 1. The molecule has 1 aliphatic carbocycles. The van der Waals surface area contributed by atoms with Crippen LogP contribution in [0.15, 0.2) is 53.2 Å². The standard InChI is InChI=1S/C24H33BrClN3O2.C7H11N3O.CH5N/c1-5-17-6-7-18-16-19(26)8-9-20(18)22(21(17)27-11-10-25)28-12-14-29(15-13-28)23(30)31-24(2,3)4;11-7-9-2-1-4-10-5-3-8-6-10;1-2/h8-9,11,16,22H,5-7,10,12-15H2,1-4H3;3,5-7H,1-2,4H2,(H,9,11);2H2,1H3. The van der Waals surface area contributed by atoms with Gasteiger partial charge in [-0.1, -0.05) is 40.5 Å². The first kappa shape index (κ1) is 37.5. The van der Waals surface area contributed by atoms with Crippen molar-refractivity contribution in [2.45, 2.75) is 71.6 Å². The molecule has 0 saturated carbocycles. The number of carbonyl (C=O) groups excluding carboxylic acids is 2. The van der Waals surface area contributed by atoms with E-state index in [1.165, 1.54) is 23.7 Å². The Morgan fingerprint density at radius 3 is 2.55 bits per heavy atom. The number of aryl methyl sites for hydroxylation is 2. The van der Waals surface area contributed by atoms with Crippen molar-refractivity contribution in [2.75, 3.05) is 45.1 Å². The van der Waals surface area contributed by atoms with Gasteiger partial charge in [-0.2, -0.15) is 0 Å². The molecule has 12 heteroatoms. The van der Waals surface area contributed by atoms with Gasteiger partial charge in [-0.15, -0.1) is 0 Å². The average Bonchev–Trinajstić information content (AvgIpc) is 3.48. The number of hydrogen-bond donors (Lipinski definition) is 2. The van der Waals surface area contributed by atoms with Crippen LogP contribution in [0.25, 0.3) is 0 Å². The number of imidazole rings is 1. The van der Waals surface area contributed by atoms with E-state index in [0.29, 0.717) is 19.5 Å². The van der Waals surface area contributed by atoms with Crippen molar-refractivity contribution in [1.29, 1.82) is 0 Å². The van der Waals surface area contributed by atoms with Crippen molar-refractivity contribution < 1.29 is 14.3 Å². The molecule has 10 nitrogen and oxygen atoms in total. The topological polar surface area (TPSA) is 118 Å². The van der Waals surface area contributed by atoms with Crippen LogP contribution in [-0.4, -0.2) is 88.8 Å². The first-order chi connectivity index (χ1) is 21.2. The highest BCUT2D eigenvalue weighted by Gasteiger charge is 2.34. The van der Waals surface area contributed by atoms with Gasteiger partial charge in [0, 0.05) is 68.2 Å². The fourth-order valence-electron chi connectivity index (χ4n) is 5.16. The van der Waals surface area contributed by atoms with Crippen LogP contribution in [0.2, 0.25) is 5.02 Å². The van der Waals surface area contributed by atoms with Crippen molar-refractivity contribution in [2.24, 2.45) is 10.7 Å². The number of piperazine rings is 1. The Hall–Kier alpha value is -2.73. The van der Waals surface area contributed by atoms with E-state index in [1.807, 2.05) is 48.7 Å². The molecular formula is C32H49BrClN7O3. The van der Waals surface area contributed by atoms with Crippen LogP contribution in [0, 0.1) is 0 Å². The largest absolute Gasteiger partial charge is 0.444 e. The second-order valence-corrected chi connectivity index (χ2v) is 12.4. The summed E-state index contributed by atoms with van der Waals surface area (Å²) in [5, 5.41) is 4.09. The summed E-state index contributed by atoms with van der Waals surface area (Å²) in [5.41, 5.74) is 9.13. The summed E-state index contributed by atoms with van der Waals surface area (Å²) < 4.78 is 7.55. The molecule has 1 unspecified atom stereocenters.